The second kappa shape index (κ2) is 6.86. The van der Waals surface area contributed by atoms with Crippen molar-refractivity contribution < 1.29 is 13.2 Å². The van der Waals surface area contributed by atoms with Gasteiger partial charge in [-0.25, -0.2) is 12.4 Å². The number of benzene rings is 2. The van der Waals surface area contributed by atoms with E-state index in [-0.39, 0.29) is 10.4 Å². The summed E-state index contributed by atoms with van der Waals surface area (Å²) in [6.07, 6.45) is 3.72. The molecule has 2 aromatic heterocycles. The topological polar surface area (TPSA) is 78.1 Å². The Morgan fingerprint density at radius 1 is 0.931 bits per heavy atom. The number of hydrogen-bond donors (Lipinski definition) is 0. The van der Waals surface area contributed by atoms with Crippen LogP contribution in [-0.4, -0.2) is 23.2 Å². The van der Waals surface area contributed by atoms with Gasteiger partial charge in [0.15, 0.2) is 6.29 Å². The number of rotatable bonds is 4. The average Bonchev–Trinajstić information content (AvgIpc) is 3.12. The van der Waals surface area contributed by atoms with Gasteiger partial charge in [0.2, 0.25) is 0 Å². The summed E-state index contributed by atoms with van der Waals surface area (Å²) in [7, 11) is -2.45. The third-order valence-electron chi connectivity index (χ3n) is 4.96. The van der Waals surface area contributed by atoms with E-state index in [0.29, 0.717) is 28.4 Å². The quantitative estimate of drug-likeness (QED) is 0.487. The Bertz CT molecular complexity index is 1410. The molecule has 4 aromatic rings. The molecule has 0 atom stereocenters. The Morgan fingerprint density at radius 2 is 1.62 bits per heavy atom. The lowest BCUT2D eigenvalue weighted by Crippen LogP contribution is -2.21. The van der Waals surface area contributed by atoms with Gasteiger partial charge in [0, 0.05) is 36.0 Å². The van der Waals surface area contributed by atoms with Gasteiger partial charge in [-0.05, 0) is 30.7 Å². The third-order valence-corrected chi connectivity index (χ3v) is 6.63. The van der Waals surface area contributed by atoms with Crippen LogP contribution < -0.4 is 5.56 Å². The number of aryl methyl sites for hydroxylation is 2. The molecule has 146 valence electrons. The molecule has 0 fully saturated rings. The van der Waals surface area contributed by atoms with E-state index in [4.69, 9.17) is 0 Å². The molecule has 0 unspecified atom stereocenters. The van der Waals surface area contributed by atoms with Crippen molar-refractivity contribution in [2.45, 2.75) is 11.8 Å². The Labute approximate surface area is 167 Å². The molecule has 0 amide bonds. The molecule has 0 aliphatic carbocycles. The summed E-state index contributed by atoms with van der Waals surface area (Å²) in [6, 6.07) is 15.0. The molecule has 0 radical (unpaired) electrons. The highest BCUT2D eigenvalue weighted by atomic mass is 32.2. The number of pyridine rings is 1. The van der Waals surface area contributed by atoms with Gasteiger partial charge in [0.05, 0.1) is 4.90 Å². The molecule has 2 aromatic carbocycles. The first-order valence-corrected chi connectivity index (χ1v) is 10.4. The van der Waals surface area contributed by atoms with Crippen molar-refractivity contribution in [3.63, 3.8) is 0 Å². The minimum absolute atomic E-state index is 0.0475. The summed E-state index contributed by atoms with van der Waals surface area (Å²) in [5, 5.41) is 0.470. The van der Waals surface area contributed by atoms with Crippen LogP contribution in [0.1, 0.15) is 15.9 Å². The molecule has 0 bridgehead atoms. The molecule has 7 heteroatoms. The maximum absolute atomic E-state index is 13.4. The van der Waals surface area contributed by atoms with Crippen LogP contribution in [0, 0.1) is 6.92 Å². The van der Waals surface area contributed by atoms with Gasteiger partial charge in [-0.2, -0.15) is 0 Å². The molecule has 0 spiro atoms. The molecule has 0 N–H and O–H groups in total. The van der Waals surface area contributed by atoms with Gasteiger partial charge in [0.1, 0.15) is 5.52 Å². The van der Waals surface area contributed by atoms with Crippen molar-refractivity contribution >= 4 is 27.2 Å². The number of fused-ring (bicyclic) bond motifs is 1. The lowest BCUT2D eigenvalue weighted by Gasteiger charge is -2.08. The zero-order valence-electron chi connectivity index (χ0n) is 15.9. The van der Waals surface area contributed by atoms with Crippen molar-refractivity contribution in [2.75, 3.05) is 0 Å². The van der Waals surface area contributed by atoms with Gasteiger partial charge in [-0.3, -0.25) is 9.59 Å². The van der Waals surface area contributed by atoms with E-state index in [1.807, 2.05) is 6.92 Å². The van der Waals surface area contributed by atoms with E-state index < -0.39 is 15.6 Å². The van der Waals surface area contributed by atoms with Crippen molar-refractivity contribution in [3.8, 4) is 11.1 Å². The largest absolute Gasteiger partial charge is 0.317 e. The number of hydrogen-bond acceptors (Lipinski definition) is 4. The summed E-state index contributed by atoms with van der Waals surface area (Å²) in [4.78, 5) is 24.5. The molecule has 2 heterocycles. The summed E-state index contributed by atoms with van der Waals surface area (Å²) in [6.45, 7) is 1.87. The molecule has 0 aliphatic rings. The molecule has 6 nitrogen and oxygen atoms in total. The predicted octanol–water partition coefficient (Wildman–Crippen LogP) is 3.36. The van der Waals surface area contributed by atoms with Gasteiger partial charge in [-0.15, -0.1) is 0 Å². The first-order valence-electron chi connectivity index (χ1n) is 8.92. The summed E-state index contributed by atoms with van der Waals surface area (Å²) in [5.74, 6) is 0. The number of aromatic nitrogens is 2. The minimum atomic E-state index is -4.01. The molecule has 29 heavy (non-hydrogen) atoms. The van der Waals surface area contributed by atoms with Gasteiger partial charge < -0.3 is 4.57 Å². The van der Waals surface area contributed by atoms with Crippen LogP contribution in [0.5, 0.6) is 0 Å². The molecule has 0 saturated carbocycles. The van der Waals surface area contributed by atoms with Crippen LogP contribution in [0.4, 0.5) is 0 Å². The fraction of sp³-hybridized carbons (Fsp3) is 0.0909. The standard InChI is InChI=1S/C22H18N2O4S/c1-15-7-9-17(10-8-15)29(27,28)24-13-20(18-6-4-3-5-16(18)14-25)19-11-12-23(2)22(26)21(19)24/h3-14H,1-2H3. The van der Waals surface area contributed by atoms with E-state index in [1.54, 1.807) is 55.7 Å². The number of carbonyl (C=O) groups is 1. The first kappa shape index (κ1) is 18.9. The smallest absolute Gasteiger partial charge is 0.275 e. The Morgan fingerprint density at radius 3 is 2.31 bits per heavy atom. The lowest BCUT2D eigenvalue weighted by atomic mass is 10.0. The van der Waals surface area contributed by atoms with E-state index in [1.165, 1.54) is 22.9 Å². The van der Waals surface area contributed by atoms with E-state index in [2.05, 4.69) is 0 Å². The van der Waals surface area contributed by atoms with Crippen LogP contribution in [0.15, 0.2) is 76.7 Å². The molecule has 4 rings (SSSR count). The highest BCUT2D eigenvalue weighted by molar-refractivity contribution is 7.90. The van der Waals surface area contributed by atoms with E-state index in [9.17, 15) is 18.0 Å². The summed E-state index contributed by atoms with van der Waals surface area (Å²) in [5.41, 5.74) is 2.03. The summed E-state index contributed by atoms with van der Waals surface area (Å²) < 4.78 is 29.1. The van der Waals surface area contributed by atoms with Crippen LogP contribution >= 0.6 is 0 Å². The van der Waals surface area contributed by atoms with Crippen molar-refractivity contribution in [1.29, 1.82) is 0 Å². The van der Waals surface area contributed by atoms with E-state index in [0.717, 1.165) is 9.54 Å². The van der Waals surface area contributed by atoms with Crippen LogP contribution in [-0.2, 0) is 17.1 Å². The van der Waals surface area contributed by atoms with Crippen LogP contribution in [0.2, 0.25) is 0 Å². The van der Waals surface area contributed by atoms with Crippen molar-refractivity contribution in [3.05, 3.63) is 88.5 Å². The second-order valence-corrected chi connectivity index (χ2v) is 8.67. The highest BCUT2D eigenvalue weighted by Crippen LogP contribution is 2.33. The highest BCUT2D eigenvalue weighted by Gasteiger charge is 2.24. The van der Waals surface area contributed by atoms with E-state index >= 15 is 0 Å². The summed E-state index contributed by atoms with van der Waals surface area (Å²) >= 11 is 0. The fourth-order valence-corrected chi connectivity index (χ4v) is 4.74. The fourth-order valence-electron chi connectivity index (χ4n) is 3.37. The van der Waals surface area contributed by atoms with Gasteiger partial charge in [-0.1, -0.05) is 42.0 Å². The number of aldehydes is 1. The third kappa shape index (κ3) is 3.00. The van der Waals surface area contributed by atoms with Crippen LogP contribution in [0.3, 0.4) is 0 Å². The number of carbonyl (C=O) groups excluding carboxylic acids is 1. The second-order valence-electron chi connectivity index (χ2n) is 6.86. The zero-order chi connectivity index (χ0) is 20.8. The Kier molecular flexibility index (Phi) is 4.47. The van der Waals surface area contributed by atoms with Gasteiger partial charge in [0.25, 0.3) is 15.6 Å². The van der Waals surface area contributed by atoms with Crippen LogP contribution in [0.25, 0.3) is 22.0 Å². The SMILES string of the molecule is Cc1ccc(S(=O)(=O)n2cc(-c3ccccc3C=O)c3ccn(C)c(=O)c32)cc1. The van der Waals surface area contributed by atoms with Crippen molar-refractivity contribution in [1.82, 2.24) is 8.54 Å². The lowest BCUT2D eigenvalue weighted by molar-refractivity contribution is 0.112. The first-order chi connectivity index (χ1) is 13.8. The van der Waals surface area contributed by atoms with Gasteiger partial charge >= 0.3 is 0 Å². The monoisotopic (exact) mass is 406 g/mol. The van der Waals surface area contributed by atoms with Crippen molar-refractivity contribution in [2.24, 2.45) is 7.05 Å². The predicted molar refractivity (Wildman–Crippen MR) is 112 cm³/mol. The Hall–Kier alpha value is -3.45. The number of nitrogens with zero attached hydrogens (tertiary/aromatic N) is 2. The average molecular weight is 406 g/mol. The minimum Gasteiger partial charge on any atom is -0.317 e. The maximum Gasteiger partial charge on any atom is 0.275 e. The maximum atomic E-state index is 13.4. The molecule has 0 aliphatic heterocycles. The zero-order valence-corrected chi connectivity index (χ0v) is 16.7. The Balaban J connectivity index is 2.11. The normalized spacial score (nSPS) is 11.7. The molecular weight excluding hydrogens is 388 g/mol. The molecule has 0 saturated heterocycles. The molecular formula is C22H18N2O4S.